The fourth-order valence-corrected chi connectivity index (χ4v) is 2.11. The number of aromatic nitrogens is 4. The topological polar surface area (TPSA) is 110 Å². The first-order chi connectivity index (χ1) is 8.51. The normalized spacial score (nSPS) is 11.2. The Morgan fingerprint density at radius 1 is 1.39 bits per heavy atom. The summed E-state index contributed by atoms with van der Waals surface area (Å²) in [4.78, 5) is 7.85. The summed E-state index contributed by atoms with van der Waals surface area (Å²) in [5.74, 6) is 0.228. The average Bonchev–Trinajstić information content (AvgIpc) is 2.81. The first-order valence-electron chi connectivity index (χ1n) is 4.93. The number of nitrogens with one attached hydrogen (secondary N) is 2. The Balaban J connectivity index is 2.32. The van der Waals surface area contributed by atoms with Crippen molar-refractivity contribution in [3.05, 3.63) is 24.0 Å². The van der Waals surface area contributed by atoms with Gasteiger partial charge in [0.25, 0.3) is 10.0 Å². The summed E-state index contributed by atoms with van der Waals surface area (Å²) >= 11 is 0. The number of nitrogens with zero attached hydrogens (tertiary/aromatic N) is 3. The maximum absolute atomic E-state index is 11.9. The standard InChI is InChI=1S/C9H11N5O3S/c1-6-5-7(17-2)12-9(11-6)14-18(15,16)8-3-4-10-13-8/h3-5H,1-2H3,(H,10,13)(H,11,12,14). The van der Waals surface area contributed by atoms with E-state index in [0.29, 0.717) is 5.69 Å². The highest BCUT2D eigenvalue weighted by Gasteiger charge is 2.17. The van der Waals surface area contributed by atoms with Gasteiger partial charge in [-0.1, -0.05) is 0 Å². The summed E-state index contributed by atoms with van der Waals surface area (Å²) in [5.41, 5.74) is 0.587. The van der Waals surface area contributed by atoms with Gasteiger partial charge in [-0.15, -0.1) is 0 Å². The third-order valence-electron chi connectivity index (χ3n) is 2.03. The van der Waals surface area contributed by atoms with Crippen molar-refractivity contribution in [1.29, 1.82) is 0 Å². The minimum absolute atomic E-state index is 0.0542. The highest BCUT2D eigenvalue weighted by molar-refractivity contribution is 7.92. The molecule has 0 saturated heterocycles. The Morgan fingerprint density at radius 3 is 2.78 bits per heavy atom. The van der Waals surface area contributed by atoms with Crippen LogP contribution in [-0.4, -0.2) is 35.7 Å². The smallest absolute Gasteiger partial charge is 0.281 e. The molecule has 0 saturated carbocycles. The molecule has 96 valence electrons. The number of H-pyrrole nitrogens is 1. The van der Waals surface area contributed by atoms with Gasteiger partial charge in [0.15, 0.2) is 5.03 Å². The van der Waals surface area contributed by atoms with Gasteiger partial charge in [0.2, 0.25) is 11.8 Å². The van der Waals surface area contributed by atoms with E-state index in [9.17, 15) is 8.42 Å². The molecule has 0 aliphatic heterocycles. The van der Waals surface area contributed by atoms with E-state index in [1.54, 1.807) is 13.0 Å². The zero-order chi connectivity index (χ0) is 13.2. The number of rotatable bonds is 4. The Labute approximate surface area is 103 Å². The molecule has 2 aromatic rings. The molecule has 2 rings (SSSR count). The van der Waals surface area contributed by atoms with Crippen molar-refractivity contribution in [2.45, 2.75) is 11.9 Å². The van der Waals surface area contributed by atoms with Crippen LogP contribution in [0, 0.1) is 6.92 Å². The quantitative estimate of drug-likeness (QED) is 0.827. The second kappa shape index (κ2) is 4.61. The fourth-order valence-electron chi connectivity index (χ4n) is 1.26. The predicted octanol–water partition coefficient (Wildman–Crippen LogP) is 0.318. The Bertz CT molecular complexity index is 638. The molecule has 0 bridgehead atoms. The molecule has 0 atom stereocenters. The zero-order valence-electron chi connectivity index (χ0n) is 9.71. The number of hydrogen-bond donors (Lipinski definition) is 2. The van der Waals surface area contributed by atoms with E-state index < -0.39 is 10.0 Å². The van der Waals surface area contributed by atoms with E-state index in [2.05, 4.69) is 24.9 Å². The van der Waals surface area contributed by atoms with Gasteiger partial charge in [0.05, 0.1) is 13.3 Å². The summed E-state index contributed by atoms with van der Waals surface area (Å²) < 4.78 is 30.9. The van der Waals surface area contributed by atoms with Gasteiger partial charge in [0.1, 0.15) is 0 Å². The molecule has 2 N–H and O–H groups in total. The number of hydrogen-bond acceptors (Lipinski definition) is 6. The third kappa shape index (κ3) is 2.56. The number of aromatic amines is 1. The molecule has 2 heterocycles. The SMILES string of the molecule is COc1cc(C)nc(NS(=O)(=O)c2ccn[nH]2)n1. The molecule has 0 unspecified atom stereocenters. The molecular weight excluding hydrogens is 258 g/mol. The summed E-state index contributed by atoms with van der Waals surface area (Å²) in [7, 11) is -2.32. The van der Waals surface area contributed by atoms with Gasteiger partial charge >= 0.3 is 0 Å². The van der Waals surface area contributed by atoms with Crippen LogP contribution in [0.15, 0.2) is 23.4 Å². The summed E-state index contributed by atoms with van der Waals surface area (Å²) in [6, 6.07) is 2.92. The van der Waals surface area contributed by atoms with Crippen molar-refractivity contribution >= 4 is 16.0 Å². The van der Waals surface area contributed by atoms with Gasteiger partial charge < -0.3 is 4.74 Å². The van der Waals surface area contributed by atoms with Crippen molar-refractivity contribution in [3.63, 3.8) is 0 Å². The van der Waals surface area contributed by atoms with Crippen LogP contribution in [0.2, 0.25) is 0 Å². The average molecular weight is 269 g/mol. The highest BCUT2D eigenvalue weighted by Crippen LogP contribution is 2.14. The zero-order valence-corrected chi connectivity index (χ0v) is 10.5. The van der Waals surface area contributed by atoms with Crippen molar-refractivity contribution in [3.8, 4) is 5.88 Å². The summed E-state index contributed by atoms with van der Waals surface area (Å²) in [6.07, 6.45) is 1.34. The lowest BCUT2D eigenvalue weighted by Crippen LogP contribution is -2.16. The molecule has 0 aliphatic carbocycles. The first-order valence-corrected chi connectivity index (χ1v) is 6.41. The lowest BCUT2D eigenvalue weighted by Gasteiger charge is -2.06. The Morgan fingerprint density at radius 2 is 2.17 bits per heavy atom. The minimum Gasteiger partial charge on any atom is -0.481 e. The molecule has 2 aromatic heterocycles. The van der Waals surface area contributed by atoms with Crippen LogP contribution in [0.1, 0.15) is 5.69 Å². The molecule has 9 heteroatoms. The number of methoxy groups -OCH3 is 1. The Kier molecular flexibility index (Phi) is 3.15. The van der Waals surface area contributed by atoms with Crippen LogP contribution in [0.25, 0.3) is 0 Å². The number of aryl methyl sites for hydroxylation is 1. The summed E-state index contributed by atoms with van der Waals surface area (Å²) in [6.45, 7) is 1.71. The lowest BCUT2D eigenvalue weighted by molar-refractivity contribution is 0.397. The van der Waals surface area contributed by atoms with Crippen LogP contribution in [0.5, 0.6) is 5.88 Å². The van der Waals surface area contributed by atoms with Crippen molar-refractivity contribution < 1.29 is 13.2 Å². The fraction of sp³-hybridized carbons (Fsp3) is 0.222. The van der Waals surface area contributed by atoms with Gasteiger partial charge in [-0.3, -0.25) is 5.10 Å². The van der Waals surface area contributed by atoms with Crippen molar-refractivity contribution in [1.82, 2.24) is 20.2 Å². The lowest BCUT2D eigenvalue weighted by atomic mass is 10.4. The molecular formula is C9H11N5O3S. The Hall–Kier alpha value is -2.16. The van der Waals surface area contributed by atoms with E-state index in [1.807, 2.05) is 0 Å². The van der Waals surface area contributed by atoms with Crippen molar-refractivity contribution in [2.75, 3.05) is 11.8 Å². The molecule has 0 spiro atoms. The molecule has 18 heavy (non-hydrogen) atoms. The van der Waals surface area contributed by atoms with Gasteiger partial charge in [0, 0.05) is 11.8 Å². The predicted molar refractivity (Wildman–Crippen MR) is 62.7 cm³/mol. The second-order valence-corrected chi connectivity index (χ2v) is 5.05. The van der Waals surface area contributed by atoms with Crippen LogP contribution in [0.3, 0.4) is 0 Å². The van der Waals surface area contributed by atoms with E-state index in [-0.39, 0.29) is 16.9 Å². The van der Waals surface area contributed by atoms with Crippen molar-refractivity contribution in [2.24, 2.45) is 0 Å². The molecule has 0 aromatic carbocycles. The maximum atomic E-state index is 11.9. The first kappa shape index (κ1) is 12.3. The third-order valence-corrected chi connectivity index (χ3v) is 3.29. The molecule has 0 radical (unpaired) electrons. The largest absolute Gasteiger partial charge is 0.481 e. The van der Waals surface area contributed by atoms with Gasteiger partial charge in [-0.2, -0.15) is 18.5 Å². The van der Waals surface area contributed by atoms with Gasteiger partial charge in [-0.25, -0.2) is 9.71 Å². The molecule has 0 aliphatic rings. The molecule has 0 amide bonds. The van der Waals surface area contributed by atoms with Crippen LogP contribution in [-0.2, 0) is 10.0 Å². The van der Waals surface area contributed by atoms with E-state index in [0.717, 1.165) is 0 Å². The molecule has 0 fully saturated rings. The van der Waals surface area contributed by atoms with Crippen LogP contribution < -0.4 is 9.46 Å². The molecule has 8 nitrogen and oxygen atoms in total. The number of ether oxygens (including phenoxy) is 1. The highest BCUT2D eigenvalue weighted by atomic mass is 32.2. The number of anilines is 1. The van der Waals surface area contributed by atoms with E-state index in [1.165, 1.54) is 19.4 Å². The minimum atomic E-state index is -3.76. The van der Waals surface area contributed by atoms with E-state index >= 15 is 0 Å². The van der Waals surface area contributed by atoms with E-state index in [4.69, 9.17) is 4.74 Å². The maximum Gasteiger partial charge on any atom is 0.281 e. The van der Waals surface area contributed by atoms with Crippen LogP contribution >= 0.6 is 0 Å². The number of sulfonamides is 1. The second-order valence-electron chi connectivity index (χ2n) is 3.40. The van der Waals surface area contributed by atoms with Gasteiger partial charge in [-0.05, 0) is 13.0 Å². The summed E-state index contributed by atoms with van der Waals surface area (Å²) in [5, 5.41) is 5.86. The van der Waals surface area contributed by atoms with Crippen LogP contribution in [0.4, 0.5) is 5.95 Å². The monoisotopic (exact) mass is 269 g/mol.